The highest BCUT2D eigenvalue weighted by Gasteiger charge is 2.19. The summed E-state index contributed by atoms with van der Waals surface area (Å²) in [5.41, 5.74) is 1.70. The van der Waals surface area contributed by atoms with Crippen LogP contribution in [0.5, 0.6) is 5.88 Å². The standard InChI is InChI=1S/C24H24N4O3/c1-3-17(13-16-14-25-20-12-8-7-11-19(16)20)26-15(2)21-22(29)27-24(31)28(23(21)30)18-9-5-4-6-10-18/h4-12,14,17,25,30H,3,13H2,1-2H3,(H,27,29,31). The van der Waals surface area contributed by atoms with Gasteiger partial charge in [0.05, 0.1) is 17.4 Å². The first-order chi connectivity index (χ1) is 15.0. The van der Waals surface area contributed by atoms with Crippen molar-refractivity contribution < 1.29 is 5.11 Å². The van der Waals surface area contributed by atoms with Gasteiger partial charge in [0.25, 0.3) is 5.56 Å². The molecule has 1 atom stereocenters. The average Bonchev–Trinajstić information content (AvgIpc) is 3.16. The molecule has 2 aromatic heterocycles. The van der Waals surface area contributed by atoms with Gasteiger partial charge in [0.15, 0.2) is 0 Å². The molecule has 0 radical (unpaired) electrons. The average molecular weight is 416 g/mol. The largest absolute Gasteiger partial charge is 0.493 e. The Morgan fingerprint density at radius 1 is 1.10 bits per heavy atom. The van der Waals surface area contributed by atoms with Gasteiger partial charge < -0.3 is 10.1 Å². The Morgan fingerprint density at radius 3 is 2.55 bits per heavy atom. The first kappa shape index (κ1) is 20.4. The Morgan fingerprint density at radius 2 is 1.81 bits per heavy atom. The van der Waals surface area contributed by atoms with Gasteiger partial charge in [-0.3, -0.25) is 14.8 Å². The summed E-state index contributed by atoms with van der Waals surface area (Å²) < 4.78 is 1.08. The van der Waals surface area contributed by atoms with E-state index in [0.717, 1.165) is 27.5 Å². The number of aromatic nitrogens is 3. The second-order valence-corrected chi connectivity index (χ2v) is 7.47. The van der Waals surface area contributed by atoms with E-state index in [0.29, 0.717) is 17.8 Å². The number of aromatic hydroxyl groups is 1. The second kappa shape index (κ2) is 8.47. The molecule has 0 bridgehead atoms. The van der Waals surface area contributed by atoms with Crippen molar-refractivity contribution in [1.82, 2.24) is 14.5 Å². The number of H-pyrrole nitrogens is 2. The van der Waals surface area contributed by atoms with Crippen molar-refractivity contribution in [3.8, 4) is 11.6 Å². The van der Waals surface area contributed by atoms with Crippen LogP contribution in [0.15, 0.2) is 75.4 Å². The summed E-state index contributed by atoms with van der Waals surface area (Å²) in [5, 5.41) is 12.0. The molecule has 0 fully saturated rings. The lowest BCUT2D eigenvalue weighted by Crippen LogP contribution is -2.33. The Balaban J connectivity index is 1.73. The molecule has 0 aliphatic rings. The van der Waals surface area contributed by atoms with Crippen LogP contribution < -0.4 is 11.2 Å². The van der Waals surface area contributed by atoms with Crippen molar-refractivity contribution in [2.45, 2.75) is 32.7 Å². The lowest BCUT2D eigenvalue weighted by atomic mass is 10.0. The van der Waals surface area contributed by atoms with Crippen molar-refractivity contribution in [2.24, 2.45) is 4.99 Å². The molecular weight excluding hydrogens is 392 g/mol. The highest BCUT2D eigenvalue weighted by molar-refractivity contribution is 6.00. The van der Waals surface area contributed by atoms with Crippen LogP contribution in [0.1, 0.15) is 31.4 Å². The molecule has 4 aromatic rings. The zero-order chi connectivity index (χ0) is 22.0. The number of fused-ring (bicyclic) bond motifs is 1. The normalized spacial score (nSPS) is 12.9. The fourth-order valence-corrected chi connectivity index (χ4v) is 3.84. The van der Waals surface area contributed by atoms with Gasteiger partial charge in [-0.15, -0.1) is 0 Å². The molecule has 0 aliphatic heterocycles. The maximum atomic E-state index is 12.5. The highest BCUT2D eigenvalue weighted by atomic mass is 16.3. The minimum absolute atomic E-state index is 0.000768. The number of para-hydroxylation sites is 2. The molecule has 0 saturated heterocycles. The molecule has 7 heteroatoms. The number of aromatic amines is 2. The first-order valence-electron chi connectivity index (χ1n) is 10.2. The highest BCUT2D eigenvalue weighted by Crippen LogP contribution is 2.22. The summed E-state index contributed by atoms with van der Waals surface area (Å²) >= 11 is 0. The second-order valence-electron chi connectivity index (χ2n) is 7.47. The summed E-state index contributed by atoms with van der Waals surface area (Å²) in [7, 11) is 0. The van der Waals surface area contributed by atoms with E-state index in [1.807, 2.05) is 31.3 Å². The molecule has 3 N–H and O–H groups in total. The predicted octanol–water partition coefficient (Wildman–Crippen LogP) is 3.54. The molecule has 31 heavy (non-hydrogen) atoms. The Bertz CT molecular complexity index is 1360. The molecule has 2 aromatic carbocycles. The van der Waals surface area contributed by atoms with Gasteiger partial charge in [-0.2, -0.15) is 0 Å². The fraction of sp³-hybridized carbons (Fsp3) is 0.208. The topological polar surface area (TPSA) is 103 Å². The minimum atomic E-state index is -0.698. The number of aliphatic imine (C=N–C) groups is 1. The Labute approximate surface area is 178 Å². The van der Waals surface area contributed by atoms with Gasteiger partial charge >= 0.3 is 5.69 Å². The number of nitrogens with zero attached hydrogens (tertiary/aromatic N) is 2. The molecule has 2 heterocycles. The molecular formula is C24H24N4O3. The van der Waals surface area contributed by atoms with Crippen molar-refractivity contribution in [2.75, 3.05) is 0 Å². The minimum Gasteiger partial charge on any atom is -0.493 e. The summed E-state index contributed by atoms with van der Waals surface area (Å²) in [6, 6.07) is 16.7. The van der Waals surface area contributed by atoms with Gasteiger partial charge in [-0.1, -0.05) is 43.3 Å². The molecule has 1 unspecified atom stereocenters. The SMILES string of the molecule is CCC(Cc1c[nH]c2ccccc12)N=C(C)c1c(O)n(-c2ccccc2)c(=O)[nH]c1=O. The molecule has 0 amide bonds. The molecule has 158 valence electrons. The third-order valence-corrected chi connectivity index (χ3v) is 5.44. The zero-order valence-electron chi connectivity index (χ0n) is 17.4. The first-order valence-corrected chi connectivity index (χ1v) is 10.2. The molecule has 0 saturated carbocycles. The molecule has 0 aliphatic carbocycles. The van der Waals surface area contributed by atoms with E-state index >= 15 is 0 Å². The van der Waals surface area contributed by atoms with Gasteiger partial charge in [-0.05, 0) is 43.5 Å². The Hall–Kier alpha value is -3.87. The van der Waals surface area contributed by atoms with Gasteiger partial charge in [0, 0.05) is 17.1 Å². The van der Waals surface area contributed by atoms with Crippen LogP contribution in [0.4, 0.5) is 0 Å². The predicted molar refractivity (Wildman–Crippen MR) is 123 cm³/mol. The monoisotopic (exact) mass is 416 g/mol. The van der Waals surface area contributed by atoms with Gasteiger partial charge in [0.2, 0.25) is 5.88 Å². The van der Waals surface area contributed by atoms with Gasteiger partial charge in [-0.25, -0.2) is 9.36 Å². The smallest absolute Gasteiger partial charge is 0.335 e. The quantitative estimate of drug-likeness (QED) is 0.419. The maximum Gasteiger partial charge on any atom is 0.335 e. The summed E-state index contributed by atoms with van der Waals surface area (Å²) in [6.45, 7) is 3.72. The summed E-state index contributed by atoms with van der Waals surface area (Å²) in [5.74, 6) is -0.414. The van der Waals surface area contributed by atoms with Crippen LogP contribution in [-0.4, -0.2) is 31.4 Å². The van der Waals surface area contributed by atoms with E-state index in [9.17, 15) is 14.7 Å². The number of hydrogen-bond donors (Lipinski definition) is 3. The van der Waals surface area contributed by atoms with Crippen LogP contribution in [0.25, 0.3) is 16.6 Å². The van der Waals surface area contributed by atoms with E-state index < -0.39 is 17.1 Å². The van der Waals surface area contributed by atoms with Crippen molar-refractivity contribution >= 4 is 16.6 Å². The van der Waals surface area contributed by atoms with E-state index in [1.165, 1.54) is 0 Å². The molecule has 4 rings (SSSR count). The molecule has 7 nitrogen and oxygen atoms in total. The van der Waals surface area contributed by atoms with Crippen LogP contribution in [0.2, 0.25) is 0 Å². The van der Waals surface area contributed by atoms with Crippen molar-refractivity contribution in [3.05, 3.63) is 92.8 Å². The fourth-order valence-electron chi connectivity index (χ4n) is 3.84. The molecule has 0 spiro atoms. The summed E-state index contributed by atoms with van der Waals surface area (Å²) in [4.78, 5) is 35.2. The zero-order valence-corrected chi connectivity index (χ0v) is 17.4. The Kier molecular flexibility index (Phi) is 5.58. The van der Waals surface area contributed by atoms with Crippen molar-refractivity contribution in [3.63, 3.8) is 0 Å². The number of rotatable bonds is 6. The van der Waals surface area contributed by atoms with E-state index in [4.69, 9.17) is 4.99 Å². The summed E-state index contributed by atoms with van der Waals surface area (Å²) in [6.07, 6.45) is 3.43. The van der Waals surface area contributed by atoms with Gasteiger partial charge in [0.1, 0.15) is 5.56 Å². The van der Waals surface area contributed by atoms with E-state index in [-0.39, 0.29) is 11.6 Å². The van der Waals surface area contributed by atoms with E-state index in [2.05, 4.69) is 16.0 Å². The van der Waals surface area contributed by atoms with E-state index in [1.54, 1.807) is 37.3 Å². The van der Waals surface area contributed by atoms with Crippen molar-refractivity contribution in [1.29, 1.82) is 0 Å². The van der Waals surface area contributed by atoms with Crippen LogP contribution >= 0.6 is 0 Å². The number of benzene rings is 2. The number of hydrogen-bond acceptors (Lipinski definition) is 4. The van der Waals surface area contributed by atoms with Crippen LogP contribution in [0.3, 0.4) is 0 Å². The maximum absolute atomic E-state index is 12.5. The third kappa shape index (κ3) is 3.94. The van der Waals surface area contributed by atoms with Crippen LogP contribution in [-0.2, 0) is 6.42 Å². The lowest BCUT2D eigenvalue weighted by Gasteiger charge is -2.14. The third-order valence-electron chi connectivity index (χ3n) is 5.44. The van der Waals surface area contributed by atoms with Crippen LogP contribution in [0, 0.1) is 0 Å². The lowest BCUT2D eigenvalue weighted by molar-refractivity contribution is 0.429. The number of nitrogens with one attached hydrogen (secondary N) is 2.